The summed E-state index contributed by atoms with van der Waals surface area (Å²) >= 11 is 0. The van der Waals surface area contributed by atoms with Crippen molar-refractivity contribution in [3.8, 4) is 11.5 Å². The van der Waals surface area contributed by atoms with Crippen molar-refractivity contribution in [1.29, 1.82) is 0 Å². The normalized spacial score (nSPS) is 14.5. The summed E-state index contributed by atoms with van der Waals surface area (Å²) in [6.45, 7) is 2.02. The molecule has 0 spiro atoms. The topological polar surface area (TPSA) is 29.5 Å². The number of alkyl halides is 3. The molecule has 3 rings (SSSR count). The lowest BCUT2D eigenvalue weighted by Crippen LogP contribution is -2.11. The molecule has 0 bridgehead atoms. The van der Waals surface area contributed by atoms with E-state index < -0.39 is 11.7 Å². The molecule has 114 valence electrons. The highest BCUT2D eigenvalue weighted by molar-refractivity contribution is 5.93. The Balaban J connectivity index is 2.11. The summed E-state index contributed by atoms with van der Waals surface area (Å²) in [4.78, 5) is 0. The van der Waals surface area contributed by atoms with E-state index in [4.69, 9.17) is 4.74 Å². The van der Waals surface area contributed by atoms with E-state index in [0.717, 1.165) is 17.7 Å². The third-order valence-corrected chi connectivity index (χ3v) is 3.73. The van der Waals surface area contributed by atoms with E-state index in [1.165, 1.54) is 12.1 Å². The third kappa shape index (κ3) is 2.54. The average molecular weight is 306 g/mol. The van der Waals surface area contributed by atoms with Gasteiger partial charge in [-0.15, -0.1) is 0 Å². The SMILES string of the molecule is CC1=C(c2cccc(C(F)(F)F)c2)COc2ccc(O)cc21. The van der Waals surface area contributed by atoms with Gasteiger partial charge in [0.25, 0.3) is 0 Å². The van der Waals surface area contributed by atoms with Crippen LogP contribution in [0.15, 0.2) is 42.5 Å². The number of hydrogen-bond donors (Lipinski definition) is 1. The molecule has 22 heavy (non-hydrogen) atoms. The predicted molar refractivity (Wildman–Crippen MR) is 77.5 cm³/mol. The van der Waals surface area contributed by atoms with E-state index in [1.807, 2.05) is 6.92 Å². The molecule has 0 fully saturated rings. The van der Waals surface area contributed by atoms with Crippen molar-refractivity contribution < 1.29 is 23.0 Å². The fourth-order valence-corrected chi connectivity index (χ4v) is 2.54. The van der Waals surface area contributed by atoms with Crippen LogP contribution in [-0.2, 0) is 6.18 Å². The number of benzene rings is 2. The second kappa shape index (κ2) is 5.09. The Morgan fingerprint density at radius 2 is 1.86 bits per heavy atom. The molecule has 0 unspecified atom stereocenters. The second-order valence-electron chi connectivity index (χ2n) is 5.15. The van der Waals surface area contributed by atoms with Gasteiger partial charge >= 0.3 is 6.18 Å². The Hall–Kier alpha value is -2.43. The van der Waals surface area contributed by atoms with Gasteiger partial charge in [-0.2, -0.15) is 13.2 Å². The summed E-state index contributed by atoms with van der Waals surface area (Å²) in [5, 5.41) is 9.59. The fourth-order valence-electron chi connectivity index (χ4n) is 2.54. The van der Waals surface area contributed by atoms with E-state index in [0.29, 0.717) is 22.4 Å². The molecular weight excluding hydrogens is 293 g/mol. The highest BCUT2D eigenvalue weighted by atomic mass is 19.4. The molecule has 1 aliphatic heterocycles. The zero-order chi connectivity index (χ0) is 15.9. The van der Waals surface area contributed by atoms with Crippen LogP contribution in [0.4, 0.5) is 13.2 Å². The van der Waals surface area contributed by atoms with Crippen LogP contribution in [0.2, 0.25) is 0 Å². The van der Waals surface area contributed by atoms with E-state index in [-0.39, 0.29) is 12.4 Å². The summed E-state index contributed by atoms with van der Waals surface area (Å²) in [7, 11) is 0. The number of phenolic OH excluding ortho intramolecular Hbond substituents is 1. The van der Waals surface area contributed by atoms with Crippen molar-refractivity contribution in [3.05, 3.63) is 59.2 Å². The number of rotatable bonds is 1. The van der Waals surface area contributed by atoms with Gasteiger partial charge in [0.1, 0.15) is 18.1 Å². The van der Waals surface area contributed by atoms with Crippen LogP contribution in [-0.4, -0.2) is 11.7 Å². The fraction of sp³-hybridized carbons (Fsp3) is 0.176. The number of aromatic hydroxyl groups is 1. The Morgan fingerprint density at radius 3 is 2.59 bits per heavy atom. The molecule has 2 aromatic rings. The second-order valence-corrected chi connectivity index (χ2v) is 5.15. The number of hydrogen-bond acceptors (Lipinski definition) is 2. The minimum Gasteiger partial charge on any atom is -0.508 e. The van der Waals surface area contributed by atoms with Crippen LogP contribution in [0.1, 0.15) is 23.6 Å². The molecule has 1 N–H and O–H groups in total. The van der Waals surface area contributed by atoms with Gasteiger partial charge in [0.05, 0.1) is 5.56 Å². The third-order valence-electron chi connectivity index (χ3n) is 3.73. The van der Waals surface area contributed by atoms with Crippen molar-refractivity contribution >= 4 is 11.1 Å². The number of phenols is 1. The number of halogens is 3. The first kappa shape index (κ1) is 14.5. The minimum atomic E-state index is -4.38. The monoisotopic (exact) mass is 306 g/mol. The lowest BCUT2D eigenvalue weighted by atomic mass is 9.93. The van der Waals surface area contributed by atoms with E-state index >= 15 is 0 Å². The van der Waals surface area contributed by atoms with Crippen LogP contribution < -0.4 is 4.74 Å². The first-order valence-electron chi connectivity index (χ1n) is 6.70. The van der Waals surface area contributed by atoms with Gasteiger partial charge in [0.2, 0.25) is 0 Å². The lowest BCUT2D eigenvalue weighted by molar-refractivity contribution is -0.137. The number of allylic oxidation sites excluding steroid dienone is 1. The first-order chi connectivity index (χ1) is 10.4. The Labute approximate surface area is 125 Å². The largest absolute Gasteiger partial charge is 0.508 e. The smallest absolute Gasteiger partial charge is 0.416 e. The molecule has 5 heteroatoms. The summed E-state index contributed by atoms with van der Waals surface area (Å²) in [6, 6.07) is 9.90. The van der Waals surface area contributed by atoms with Gasteiger partial charge in [-0.05, 0) is 48.4 Å². The summed E-state index contributed by atoms with van der Waals surface area (Å²) in [6.07, 6.45) is -4.38. The summed E-state index contributed by atoms with van der Waals surface area (Å²) < 4.78 is 44.1. The molecule has 2 nitrogen and oxygen atoms in total. The van der Waals surface area contributed by atoms with Crippen molar-refractivity contribution in [2.75, 3.05) is 6.61 Å². The van der Waals surface area contributed by atoms with E-state index in [9.17, 15) is 18.3 Å². The first-order valence-corrected chi connectivity index (χ1v) is 6.70. The molecule has 1 heterocycles. The van der Waals surface area contributed by atoms with Crippen molar-refractivity contribution in [3.63, 3.8) is 0 Å². The quantitative estimate of drug-likeness (QED) is 0.825. The molecule has 0 radical (unpaired) electrons. The van der Waals surface area contributed by atoms with Gasteiger partial charge in [-0.25, -0.2) is 0 Å². The highest BCUT2D eigenvalue weighted by Crippen LogP contribution is 2.39. The maximum atomic E-state index is 12.8. The Bertz CT molecular complexity index is 761. The van der Waals surface area contributed by atoms with E-state index in [2.05, 4.69) is 0 Å². The van der Waals surface area contributed by atoms with Crippen LogP contribution >= 0.6 is 0 Å². The van der Waals surface area contributed by atoms with Crippen LogP contribution in [0.25, 0.3) is 11.1 Å². The molecule has 1 aliphatic rings. The summed E-state index contributed by atoms with van der Waals surface area (Å²) in [5.74, 6) is 0.706. The molecule has 2 aromatic carbocycles. The highest BCUT2D eigenvalue weighted by Gasteiger charge is 2.31. The zero-order valence-corrected chi connectivity index (χ0v) is 11.7. The maximum Gasteiger partial charge on any atom is 0.416 e. The predicted octanol–water partition coefficient (Wildman–Crippen LogP) is 4.73. The summed E-state index contributed by atoms with van der Waals surface area (Å²) in [5.41, 5.74) is 1.97. The lowest BCUT2D eigenvalue weighted by Gasteiger charge is -2.23. The molecule has 0 saturated carbocycles. The van der Waals surface area contributed by atoms with Crippen molar-refractivity contribution in [1.82, 2.24) is 0 Å². The van der Waals surface area contributed by atoms with Gasteiger partial charge in [0.15, 0.2) is 0 Å². The molecular formula is C17H13F3O2. The molecule has 0 aromatic heterocycles. The molecule has 0 saturated heterocycles. The van der Waals surface area contributed by atoms with Crippen molar-refractivity contribution in [2.45, 2.75) is 13.1 Å². The van der Waals surface area contributed by atoms with Gasteiger partial charge < -0.3 is 9.84 Å². The Kier molecular flexibility index (Phi) is 3.35. The van der Waals surface area contributed by atoms with Gasteiger partial charge in [-0.3, -0.25) is 0 Å². The minimum absolute atomic E-state index is 0.0898. The average Bonchev–Trinajstić information content (AvgIpc) is 2.47. The number of ether oxygens (including phenoxy) is 1. The molecule has 0 atom stereocenters. The molecule has 0 amide bonds. The zero-order valence-electron chi connectivity index (χ0n) is 11.7. The molecule has 0 aliphatic carbocycles. The van der Waals surface area contributed by atoms with Crippen LogP contribution in [0.5, 0.6) is 11.5 Å². The van der Waals surface area contributed by atoms with Gasteiger partial charge in [-0.1, -0.05) is 12.1 Å². The standard InChI is InChI=1S/C17H13F3O2/c1-10-14-8-13(21)5-6-16(14)22-9-15(10)11-3-2-4-12(7-11)17(18,19)20/h2-8,21H,9H2,1H3. The van der Waals surface area contributed by atoms with Gasteiger partial charge in [0, 0.05) is 11.1 Å². The van der Waals surface area contributed by atoms with Crippen LogP contribution in [0, 0.1) is 0 Å². The van der Waals surface area contributed by atoms with E-state index in [1.54, 1.807) is 18.2 Å². The van der Waals surface area contributed by atoms with Crippen molar-refractivity contribution in [2.24, 2.45) is 0 Å². The maximum absolute atomic E-state index is 12.8. The van der Waals surface area contributed by atoms with Crippen LogP contribution in [0.3, 0.4) is 0 Å². The number of fused-ring (bicyclic) bond motifs is 1. The Morgan fingerprint density at radius 1 is 1.09 bits per heavy atom.